The Balaban J connectivity index is 1.60. The van der Waals surface area contributed by atoms with Crippen molar-refractivity contribution >= 4 is 5.78 Å². The Morgan fingerprint density at radius 2 is 1.72 bits per heavy atom. The van der Waals surface area contributed by atoms with Crippen LogP contribution in [0.1, 0.15) is 11.4 Å². The molecule has 2 aromatic carbocycles. The monoisotopic (exact) mass is 390 g/mol. The van der Waals surface area contributed by atoms with Gasteiger partial charge >= 0.3 is 0 Å². The fourth-order valence-electron chi connectivity index (χ4n) is 3.23. The number of fused-ring (bicyclic) bond motifs is 1. The number of nitrogens with zero attached hydrogens (tertiary/aromatic N) is 4. The summed E-state index contributed by atoms with van der Waals surface area (Å²) < 4.78 is 17.8. The van der Waals surface area contributed by atoms with E-state index in [4.69, 9.17) is 14.2 Å². The molecule has 0 N–H and O–H groups in total. The minimum absolute atomic E-state index is 0.577. The van der Waals surface area contributed by atoms with Crippen LogP contribution in [0.25, 0.3) is 17.0 Å². The first kappa shape index (κ1) is 18.7. The molecule has 7 heteroatoms. The number of hydrogen-bond acceptors (Lipinski definition) is 6. The molecule has 2 heterocycles. The van der Waals surface area contributed by atoms with E-state index in [1.165, 1.54) is 0 Å². The third kappa shape index (κ3) is 3.85. The maximum atomic E-state index is 5.38. The van der Waals surface area contributed by atoms with Crippen LogP contribution in [-0.2, 0) is 12.8 Å². The number of rotatable bonds is 7. The summed E-state index contributed by atoms with van der Waals surface area (Å²) in [7, 11) is 4.92. The maximum Gasteiger partial charge on any atom is 0.252 e. The predicted molar refractivity (Wildman–Crippen MR) is 110 cm³/mol. The molecule has 0 atom stereocenters. The summed E-state index contributed by atoms with van der Waals surface area (Å²) in [4.78, 5) is 8.94. The van der Waals surface area contributed by atoms with Crippen molar-refractivity contribution in [3.8, 4) is 28.5 Å². The maximum absolute atomic E-state index is 5.38. The van der Waals surface area contributed by atoms with Gasteiger partial charge in [0.2, 0.25) is 0 Å². The van der Waals surface area contributed by atoms with Crippen molar-refractivity contribution in [3.63, 3.8) is 0 Å². The summed E-state index contributed by atoms with van der Waals surface area (Å²) in [6.45, 7) is 0. The third-order valence-electron chi connectivity index (χ3n) is 4.74. The van der Waals surface area contributed by atoms with E-state index in [9.17, 15) is 0 Å². The summed E-state index contributed by atoms with van der Waals surface area (Å²) in [5.41, 5.74) is 3.04. The van der Waals surface area contributed by atoms with E-state index in [1.807, 2.05) is 48.5 Å². The number of methoxy groups -OCH3 is 3. The van der Waals surface area contributed by atoms with Crippen molar-refractivity contribution in [1.29, 1.82) is 0 Å². The summed E-state index contributed by atoms with van der Waals surface area (Å²) in [5.74, 6) is 3.54. The van der Waals surface area contributed by atoms with E-state index in [-0.39, 0.29) is 0 Å². The van der Waals surface area contributed by atoms with E-state index in [1.54, 1.807) is 32.0 Å². The zero-order chi connectivity index (χ0) is 20.2. The highest BCUT2D eigenvalue weighted by Gasteiger charge is 2.11. The second-order valence-corrected chi connectivity index (χ2v) is 6.49. The molecule has 7 nitrogen and oxygen atoms in total. The van der Waals surface area contributed by atoms with Gasteiger partial charge in [0.15, 0.2) is 17.3 Å². The third-order valence-corrected chi connectivity index (χ3v) is 4.74. The molecule has 0 bridgehead atoms. The number of benzene rings is 2. The van der Waals surface area contributed by atoms with Gasteiger partial charge in [-0.05, 0) is 42.3 Å². The van der Waals surface area contributed by atoms with E-state index in [2.05, 4.69) is 15.1 Å². The number of hydrogen-bond donors (Lipinski definition) is 0. The summed E-state index contributed by atoms with van der Waals surface area (Å²) in [5, 5.41) is 4.68. The zero-order valence-electron chi connectivity index (χ0n) is 16.6. The Morgan fingerprint density at radius 1 is 0.862 bits per heavy atom. The summed E-state index contributed by atoms with van der Waals surface area (Å²) in [6, 6.07) is 15.7. The topological polar surface area (TPSA) is 70.8 Å². The Labute approximate surface area is 168 Å². The summed E-state index contributed by atoms with van der Waals surface area (Å²) in [6.07, 6.45) is 3.22. The highest BCUT2D eigenvalue weighted by Crippen LogP contribution is 2.28. The lowest BCUT2D eigenvalue weighted by Gasteiger charge is -2.09. The molecule has 0 spiro atoms. The minimum Gasteiger partial charge on any atom is -0.497 e. The van der Waals surface area contributed by atoms with Gasteiger partial charge in [-0.1, -0.05) is 18.2 Å². The first-order valence-corrected chi connectivity index (χ1v) is 9.28. The number of ether oxygens (including phenoxy) is 3. The van der Waals surface area contributed by atoms with Gasteiger partial charge in [-0.15, -0.1) is 5.10 Å². The zero-order valence-corrected chi connectivity index (χ0v) is 16.6. The van der Waals surface area contributed by atoms with Gasteiger partial charge in [0.05, 0.1) is 27.0 Å². The van der Waals surface area contributed by atoms with Gasteiger partial charge in [-0.25, -0.2) is 4.98 Å². The highest BCUT2D eigenvalue weighted by molar-refractivity contribution is 5.63. The predicted octanol–water partition coefficient (Wildman–Crippen LogP) is 3.60. The lowest BCUT2D eigenvalue weighted by atomic mass is 10.1. The SMILES string of the molecule is COc1cccc(-c2ccnc3nc(CCc4ccc(OC)c(OC)c4)nn23)c1. The summed E-state index contributed by atoms with van der Waals surface area (Å²) >= 11 is 0. The van der Waals surface area contributed by atoms with Gasteiger partial charge < -0.3 is 14.2 Å². The Bertz CT molecular complexity index is 1140. The smallest absolute Gasteiger partial charge is 0.252 e. The van der Waals surface area contributed by atoms with Crippen molar-refractivity contribution in [2.24, 2.45) is 0 Å². The lowest BCUT2D eigenvalue weighted by molar-refractivity contribution is 0.354. The molecule has 29 heavy (non-hydrogen) atoms. The van der Waals surface area contributed by atoms with Crippen LogP contribution >= 0.6 is 0 Å². The average molecular weight is 390 g/mol. The molecular formula is C22H22N4O3. The highest BCUT2D eigenvalue weighted by atomic mass is 16.5. The average Bonchev–Trinajstić information content (AvgIpc) is 3.20. The molecule has 4 rings (SSSR count). The van der Waals surface area contributed by atoms with Gasteiger partial charge in [-0.3, -0.25) is 0 Å². The van der Waals surface area contributed by atoms with Crippen LogP contribution in [-0.4, -0.2) is 40.9 Å². The molecular weight excluding hydrogens is 368 g/mol. The first-order chi connectivity index (χ1) is 14.2. The Kier molecular flexibility index (Phi) is 5.29. The van der Waals surface area contributed by atoms with Crippen LogP contribution in [0.15, 0.2) is 54.7 Å². The molecule has 2 aromatic heterocycles. The van der Waals surface area contributed by atoms with Crippen molar-refractivity contribution in [2.45, 2.75) is 12.8 Å². The van der Waals surface area contributed by atoms with Crippen LogP contribution < -0.4 is 14.2 Å². The van der Waals surface area contributed by atoms with Crippen molar-refractivity contribution in [2.75, 3.05) is 21.3 Å². The lowest BCUT2D eigenvalue weighted by Crippen LogP contribution is -1.98. The standard InChI is InChI=1S/C22H22N4O3/c1-27-17-6-4-5-16(14-17)18-11-12-23-22-24-21(25-26(18)22)10-8-15-7-9-19(28-2)20(13-15)29-3/h4-7,9,11-14H,8,10H2,1-3H3. The molecule has 0 aliphatic heterocycles. The number of aromatic nitrogens is 4. The van der Waals surface area contributed by atoms with Gasteiger partial charge in [0, 0.05) is 18.2 Å². The van der Waals surface area contributed by atoms with E-state index in [0.29, 0.717) is 17.9 Å². The molecule has 0 saturated carbocycles. The van der Waals surface area contributed by atoms with Gasteiger partial charge in [-0.2, -0.15) is 9.50 Å². The molecule has 0 aliphatic carbocycles. The van der Waals surface area contributed by atoms with E-state index >= 15 is 0 Å². The molecule has 0 saturated heterocycles. The second-order valence-electron chi connectivity index (χ2n) is 6.49. The second kappa shape index (κ2) is 8.18. The van der Waals surface area contributed by atoms with Crippen molar-refractivity contribution in [1.82, 2.24) is 19.6 Å². The Hall–Kier alpha value is -3.61. The van der Waals surface area contributed by atoms with Gasteiger partial charge in [0.25, 0.3) is 5.78 Å². The van der Waals surface area contributed by atoms with Crippen LogP contribution in [0, 0.1) is 0 Å². The van der Waals surface area contributed by atoms with Crippen molar-refractivity contribution < 1.29 is 14.2 Å². The fraction of sp³-hybridized carbons (Fsp3) is 0.227. The van der Waals surface area contributed by atoms with E-state index in [0.717, 1.165) is 40.6 Å². The molecule has 4 aromatic rings. The van der Waals surface area contributed by atoms with E-state index < -0.39 is 0 Å². The molecule has 148 valence electrons. The Morgan fingerprint density at radius 3 is 2.52 bits per heavy atom. The fourth-order valence-corrected chi connectivity index (χ4v) is 3.23. The van der Waals surface area contributed by atoms with Gasteiger partial charge in [0.1, 0.15) is 5.75 Å². The van der Waals surface area contributed by atoms with Crippen LogP contribution in [0.5, 0.6) is 17.2 Å². The molecule has 0 radical (unpaired) electrons. The van der Waals surface area contributed by atoms with Crippen LogP contribution in [0.3, 0.4) is 0 Å². The van der Waals surface area contributed by atoms with Crippen LogP contribution in [0.2, 0.25) is 0 Å². The molecule has 0 aliphatic rings. The normalized spacial score (nSPS) is 10.9. The molecule has 0 unspecified atom stereocenters. The first-order valence-electron chi connectivity index (χ1n) is 9.28. The quantitative estimate of drug-likeness (QED) is 0.480. The minimum atomic E-state index is 0.577. The van der Waals surface area contributed by atoms with Crippen molar-refractivity contribution in [3.05, 3.63) is 66.1 Å². The molecule has 0 fully saturated rings. The number of aryl methyl sites for hydroxylation is 2. The van der Waals surface area contributed by atoms with Crippen LogP contribution in [0.4, 0.5) is 0 Å². The molecule has 0 amide bonds. The largest absolute Gasteiger partial charge is 0.497 e.